The maximum absolute atomic E-state index is 12.5. The van der Waals surface area contributed by atoms with E-state index < -0.39 is 12.1 Å². The SMILES string of the molecule is O=C(Nc1nc2ccc(Sc3nnc4ccc(Oc5cccc(OC(F)(F)F)c5)nn34)cc2s1)C1CC1. The van der Waals surface area contributed by atoms with Gasteiger partial charge in [-0.1, -0.05) is 17.4 Å². The van der Waals surface area contributed by atoms with Crippen LogP contribution in [0.15, 0.2) is 64.6 Å². The maximum atomic E-state index is 12.5. The van der Waals surface area contributed by atoms with E-state index in [2.05, 4.69) is 30.3 Å². The maximum Gasteiger partial charge on any atom is 0.573 e. The van der Waals surface area contributed by atoms with E-state index >= 15 is 0 Å². The third-order valence-electron chi connectivity index (χ3n) is 5.22. The van der Waals surface area contributed by atoms with Crippen molar-refractivity contribution in [2.24, 2.45) is 5.92 Å². The number of thiazole rings is 1. The number of anilines is 1. The monoisotopic (exact) mass is 544 g/mol. The molecule has 0 atom stereocenters. The van der Waals surface area contributed by atoms with E-state index in [4.69, 9.17) is 4.74 Å². The van der Waals surface area contributed by atoms with E-state index in [1.807, 2.05) is 18.2 Å². The van der Waals surface area contributed by atoms with Gasteiger partial charge in [0.05, 0.1) is 10.2 Å². The van der Waals surface area contributed by atoms with Crippen molar-refractivity contribution in [1.82, 2.24) is 24.8 Å². The van der Waals surface area contributed by atoms with Crippen molar-refractivity contribution < 1.29 is 27.4 Å². The van der Waals surface area contributed by atoms with E-state index in [1.165, 1.54) is 51.9 Å². The fourth-order valence-electron chi connectivity index (χ4n) is 3.41. The molecule has 2 aromatic carbocycles. The Balaban J connectivity index is 1.21. The Labute approximate surface area is 214 Å². The second-order valence-corrected chi connectivity index (χ2v) is 10.1. The zero-order chi connectivity index (χ0) is 25.6. The smallest absolute Gasteiger partial charge is 0.437 e. The molecule has 0 saturated heterocycles. The third-order valence-corrected chi connectivity index (χ3v) is 7.08. The molecule has 3 heterocycles. The lowest BCUT2D eigenvalue weighted by atomic mass is 10.3. The molecule has 1 saturated carbocycles. The molecule has 9 nitrogen and oxygen atoms in total. The highest BCUT2D eigenvalue weighted by atomic mass is 32.2. The summed E-state index contributed by atoms with van der Waals surface area (Å²) in [5, 5.41) is 16.6. The number of nitrogens with zero attached hydrogens (tertiary/aromatic N) is 5. The Bertz CT molecular complexity index is 1630. The number of rotatable bonds is 7. The van der Waals surface area contributed by atoms with Crippen molar-refractivity contribution in [3.63, 3.8) is 0 Å². The van der Waals surface area contributed by atoms with E-state index in [1.54, 1.807) is 6.07 Å². The predicted molar refractivity (Wildman–Crippen MR) is 129 cm³/mol. The van der Waals surface area contributed by atoms with Crippen LogP contribution in [0, 0.1) is 5.92 Å². The highest BCUT2D eigenvalue weighted by Gasteiger charge is 2.31. The Morgan fingerprint density at radius 2 is 1.92 bits per heavy atom. The summed E-state index contributed by atoms with van der Waals surface area (Å²) in [6.07, 6.45) is -2.97. The Morgan fingerprint density at radius 1 is 1.08 bits per heavy atom. The number of halogens is 3. The molecular weight excluding hydrogens is 529 g/mol. The van der Waals surface area contributed by atoms with Crippen molar-refractivity contribution in [3.8, 4) is 17.4 Å². The summed E-state index contributed by atoms with van der Waals surface area (Å²) in [6.45, 7) is 0. The fraction of sp³-hybridized carbons (Fsp3) is 0.174. The van der Waals surface area contributed by atoms with Gasteiger partial charge in [-0.2, -0.15) is 4.52 Å². The molecule has 188 valence electrons. The molecule has 0 radical (unpaired) electrons. The number of fused-ring (bicyclic) bond motifs is 2. The minimum atomic E-state index is -4.81. The molecule has 6 rings (SSSR count). The molecule has 1 amide bonds. The van der Waals surface area contributed by atoms with Gasteiger partial charge in [0.2, 0.25) is 16.9 Å². The molecule has 5 aromatic rings. The van der Waals surface area contributed by atoms with Gasteiger partial charge >= 0.3 is 6.36 Å². The Kier molecular flexibility index (Phi) is 5.83. The topological polar surface area (TPSA) is 104 Å². The van der Waals surface area contributed by atoms with Crippen LogP contribution in [-0.2, 0) is 4.79 Å². The lowest BCUT2D eigenvalue weighted by Crippen LogP contribution is -2.17. The molecule has 3 aromatic heterocycles. The number of ether oxygens (including phenoxy) is 2. The highest BCUT2D eigenvalue weighted by molar-refractivity contribution is 7.99. The number of amides is 1. The number of benzene rings is 2. The van der Waals surface area contributed by atoms with Gasteiger partial charge in [0.15, 0.2) is 10.8 Å². The van der Waals surface area contributed by atoms with Crippen LogP contribution >= 0.6 is 23.1 Å². The van der Waals surface area contributed by atoms with Crippen LogP contribution < -0.4 is 14.8 Å². The quantitative estimate of drug-likeness (QED) is 0.269. The second kappa shape index (κ2) is 9.19. The first-order valence-electron chi connectivity index (χ1n) is 10.9. The lowest BCUT2D eigenvalue weighted by molar-refractivity contribution is -0.274. The number of hydrogen-bond acceptors (Lipinski definition) is 9. The van der Waals surface area contributed by atoms with Gasteiger partial charge in [-0.3, -0.25) is 4.79 Å². The molecule has 1 fully saturated rings. The first-order chi connectivity index (χ1) is 17.8. The summed E-state index contributed by atoms with van der Waals surface area (Å²) < 4.78 is 49.5. The zero-order valence-corrected chi connectivity index (χ0v) is 20.2. The molecule has 0 unspecified atom stereocenters. The van der Waals surface area contributed by atoms with Crippen molar-refractivity contribution in [2.45, 2.75) is 29.3 Å². The second-order valence-electron chi connectivity index (χ2n) is 8.06. The van der Waals surface area contributed by atoms with Crippen molar-refractivity contribution in [3.05, 3.63) is 54.6 Å². The van der Waals surface area contributed by atoms with Gasteiger partial charge < -0.3 is 14.8 Å². The van der Waals surface area contributed by atoms with E-state index in [0.29, 0.717) is 15.9 Å². The first kappa shape index (κ1) is 23.5. The van der Waals surface area contributed by atoms with Gasteiger partial charge in [0.1, 0.15) is 11.5 Å². The molecule has 37 heavy (non-hydrogen) atoms. The Hall–Kier alpha value is -3.91. The number of nitrogens with one attached hydrogen (secondary N) is 1. The van der Waals surface area contributed by atoms with Gasteiger partial charge in [-0.05, 0) is 61.0 Å². The summed E-state index contributed by atoms with van der Waals surface area (Å²) >= 11 is 2.71. The molecule has 0 spiro atoms. The van der Waals surface area contributed by atoms with E-state index in [-0.39, 0.29) is 23.5 Å². The van der Waals surface area contributed by atoms with E-state index in [9.17, 15) is 18.0 Å². The fourth-order valence-corrected chi connectivity index (χ4v) is 5.22. The molecular formula is C23H15F3N6O3S2. The number of aromatic nitrogens is 5. The molecule has 1 aliphatic carbocycles. The average Bonchev–Trinajstić information content (AvgIpc) is 3.52. The summed E-state index contributed by atoms with van der Waals surface area (Å²) in [6, 6.07) is 14.0. The van der Waals surface area contributed by atoms with Crippen molar-refractivity contribution in [2.75, 3.05) is 5.32 Å². The van der Waals surface area contributed by atoms with Crippen LogP contribution in [0.1, 0.15) is 12.8 Å². The number of hydrogen-bond donors (Lipinski definition) is 1. The largest absolute Gasteiger partial charge is 0.573 e. The van der Waals surface area contributed by atoms with Gasteiger partial charge in [0.25, 0.3) is 0 Å². The minimum Gasteiger partial charge on any atom is -0.437 e. The predicted octanol–water partition coefficient (Wildman–Crippen LogP) is 5.92. The standard InChI is InChI=1S/C23H15F3N6O3S2/c24-23(25,26)35-14-3-1-2-13(10-14)34-19-9-8-18-29-30-22(32(18)31-19)36-15-6-7-16-17(11-15)37-21(27-16)28-20(33)12-4-5-12/h1-3,6-12H,4-5H2,(H,27,28,33). The van der Waals surface area contributed by atoms with E-state index in [0.717, 1.165) is 34.0 Å². The summed E-state index contributed by atoms with van der Waals surface area (Å²) in [4.78, 5) is 17.4. The van der Waals surface area contributed by atoms with Crippen LogP contribution in [0.25, 0.3) is 15.9 Å². The van der Waals surface area contributed by atoms with Crippen molar-refractivity contribution in [1.29, 1.82) is 0 Å². The zero-order valence-electron chi connectivity index (χ0n) is 18.6. The van der Waals surface area contributed by atoms with Gasteiger partial charge in [-0.25, -0.2) is 4.98 Å². The molecule has 0 aliphatic heterocycles. The normalized spacial score (nSPS) is 13.7. The molecule has 1 N–H and O–H groups in total. The van der Waals surface area contributed by atoms with Crippen molar-refractivity contribution >= 4 is 50.0 Å². The first-order valence-corrected chi connectivity index (χ1v) is 12.6. The Morgan fingerprint density at radius 3 is 2.73 bits per heavy atom. The number of carbonyl (C=O) groups excluding carboxylic acids is 1. The third kappa shape index (κ3) is 5.44. The number of alkyl halides is 3. The molecule has 14 heteroatoms. The van der Waals surface area contributed by atoms with Crippen LogP contribution in [0.5, 0.6) is 17.4 Å². The number of carbonyl (C=O) groups is 1. The summed E-state index contributed by atoms with van der Waals surface area (Å²) in [7, 11) is 0. The van der Waals surface area contributed by atoms with Crippen LogP contribution in [0.2, 0.25) is 0 Å². The van der Waals surface area contributed by atoms with Gasteiger partial charge in [0, 0.05) is 22.9 Å². The molecule has 1 aliphatic rings. The average molecular weight is 545 g/mol. The van der Waals surface area contributed by atoms with Crippen LogP contribution in [-0.4, -0.2) is 37.1 Å². The minimum absolute atomic E-state index is 0.00675. The van der Waals surface area contributed by atoms with Crippen LogP contribution in [0.4, 0.5) is 18.3 Å². The van der Waals surface area contributed by atoms with Crippen LogP contribution in [0.3, 0.4) is 0 Å². The summed E-state index contributed by atoms with van der Waals surface area (Å²) in [5.41, 5.74) is 1.24. The molecule has 0 bridgehead atoms. The highest BCUT2D eigenvalue weighted by Crippen LogP contribution is 2.35. The lowest BCUT2D eigenvalue weighted by Gasteiger charge is -2.10. The van der Waals surface area contributed by atoms with Gasteiger partial charge in [-0.15, -0.1) is 28.5 Å². The summed E-state index contributed by atoms with van der Waals surface area (Å²) in [5.74, 6) is -0.0473.